The lowest BCUT2D eigenvalue weighted by Gasteiger charge is -2.10. The molecule has 3 rings (SSSR count). The average Bonchev–Trinajstić information content (AvgIpc) is 2.96. The third-order valence-corrected chi connectivity index (χ3v) is 3.35. The Morgan fingerprint density at radius 1 is 1.36 bits per heavy atom. The summed E-state index contributed by atoms with van der Waals surface area (Å²) in [5.74, 6) is -1.13. The predicted octanol–water partition coefficient (Wildman–Crippen LogP) is 1.67. The summed E-state index contributed by atoms with van der Waals surface area (Å²) in [7, 11) is 0. The number of carbonyl (C=O) groups is 1. The van der Waals surface area contributed by atoms with Crippen molar-refractivity contribution in [1.82, 2.24) is 19.2 Å². The zero-order valence-electron chi connectivity index (χ0n) is 11.9. The Morgan fingerprint density at radius 3 is 2.82 bits per heavy atom. The third-order valence-electron chi connectivity index (χ3n) is 3.35. The van der Waals surface area contributed by atoms with Gasteiger partial charge >= 0.3 is 5.97 Å². The van der Waals surface area contributed by atoms with Crippen LogP contribution in [0.5, 0.6) is 0 Å². The fourth-order valence-corrected chi connectivity index (χ4v) is 2.40. The second-order valence-electron chi connectivity index (χ2n) is 4.87. The number of aromatic carboxylic acids is 1. The van der Waals surface area contributed by atoms with Crippen LogP contribution in [0.2, 0.25) is 0 Å². The Bertz CT molecular complexity index is 896. The molecule has 0 saturated heterocycles. The van der Waals surface area contributed by atoms with Crippen molar-refractivity contribution in [3.8, 4) is 11.3 Å². The minimum atomic E-state index is -1.13. The van der Waals surface area contributed by atoms with Crippen LogP contribution in [0.25, 0.3) is 16.9 Å². The first-order valence-corrected chi connectivity index (χ1v) is 6.89. The van der Waals surface area contributed by atoms with Gasteiger partial charge in [-0.2, -0.15) is 9.61 Å². The quantitative estimate of drug-likeness (QED) is 0.791. The van der Waals surface area contributed by atoms with Gasteiger partial charge in [0.05, 0.1) is 5.69 Å². The molecule has 22 heavy (non-hydrogen) atoms. The highest BCUT2D eigenvalue weighted by atomic mass is 16.4. The van der Waals surface area contributed by atoms with E-state index < -0.39 is 11.5 Å². The summed E-state index contributed by atoms with van der Waals surface area (Å²) in [5.41, 5.74) is 1.32. The van der Waals surface area contributed by atoms with Crippen LogP contribution in [-0.4, -0.2) is 30.2 Å². The van der Waals surface area contributed by atoms with Gasteiger partial charge < -0.3 is 9.67 Å². The van der Waals surface area contributed by atoms with Crippen LogP contribution < -0.4 is 5.56 Å². The van der Waals surface area contributed by atoms with Gasteiger partial charge in [-0.05, 0) is 18.6 Å². The molecule has 0 radical (unpaired) electrons. The monoisotopic (exact) mass is 298 g/mol. The molecule has 3 aromatic heterocycles. The molecule has 0 fully saturated rings. The summed E-state index contributed by atoms with van der Waals surface area (Å²) in [6, 6.07) is 6.42. The molecule has 0 spiro atoms. The molecule has 0 bridgehead atoms. The number of nitrogens with zero attached hydrogens (tertiary/aromatic N) is 4. The fourth-order valence-electron chi connectivity index (χ4n) is 2.40. The van der Waals surface area contributed by atoms with E-state index in [1.165, 1.54) is 4.52 Å². The van der Waals surface area contributed by atoms with Gasteiger partial charge in [-0.25, -0.2) is 4.79 Å². The van der Waals surface area contributed by atoms with Crippen molar-refractivity contribution in [2.24, 2.45) is 0 Å². The van der Waals surface area contributed by atoms with E-state index in [0.717, 1.165) is 18.1 Å². The van der Waals surface area contributed by atoms with E-state index in [-0.39, 0.29) is 5.69 Å². The van der Waals surface area contributed by atoms with Gasteiger partial charge in [0.25, 0.3) is 5.56 Å². The predicted molar refractivity (Wildman–Crippen MR) is 79.9 cm³/mol. The first-order chi connectivity index (χ1) is 10.6. The first-order valence-electron chi connectivity index (χ1n) is 6.89. The summed E-state index contributed by atoms with van der Waals surface area (Å²) >= 11 is 0. The van der Waals surface area contributed by atoms with Crippen LogP contribution >= 0.6 is 0 Å². The number of hydrogen-bond donors (Lipinski definition) is 1. The summed E-state index contributed by atoms with van der Waals surface area (Å²) in [5, 5.41) is 13.6. The summed E-state index contributed by atoms with van der Waals surface area (Å²) in [6.07, 6.45) is 4.04. The summed E-state index contributed by atoms with van der Waals surface area (Å²) in [4.78, 5) is 27.5. The zero-order valence-corrected chi connectivity index (χ0v) is 11.9. The molecule has 3 heterocycles. The van der Waals surface area contributed by atoms with E-state index in [0.29, 0.717) is 17.9 Å². The number of carboxylic acid groups (broad SMARTS) is 1. The fraction of sp³-hybridized carbons (Fsp3) is 0.200. The van der Waals surface area contributed by atoms with Crippen molar-refractivity contribution in [2.75, 3.05) is 0 Å². The molecular formula is C15H14N4O3. The Hall–Kier alpha value is -2.96. The molecule has 0 saturated carbocycles. The highest BCUT2D eigenvalue weighted by molar-refractivity contribution is 5.86. The van der Waals surface area contributed by atoms with Gasteiger partial charge in [-0.1, -0.05) is 6.92 Å². The highest BCUT2D eigenvalue weighted by Crippen LogP contribution is 2.18. The highest BCUT2D eigenvalue weighted by Gasteiger charge is 2.16. The summed E-state index contributed by atoms with van der Waals surface area (Å²) < 4.78 is 2.82. The maximum absolute atomic E-state index is 12.1. The number of pyridine rings is 1. The maximum Gasteiger partial charge on any atom is 0.352 e. The van der Waals surface area contributed by atoms with E-state index in [4.69, 9.17) is 0 Å². The molecule has 3 aromatic rings. The molecule has 0 unspecified atom stereocenters. The second-order valence-corrected chi connectivity index (χ2v) is 4.87. The van der Waals surface area contributed by atoms with E-state index >= 15 is 0 Å². The van der Waals surface area contributed by atoms with Crippen LogP contribution in [0.4, 0.5) is 0 Å². The standard InChI is InChI=1S/C15H14N4O3/c1-2-6-18-12(15(21)22)8-14(20)19-13(18)7-11(17-19)10-4-3-5-16-9-10/h3-5,7-9H,2,6H2,1H3,(H,21,22). The molecule has 112 valence electrons. The first kappa shape index (κ1) is 14.0. The second kappa shape index (κ2) is 5.44. The van der Waals surface area contributed by atoms with Crippen LogP contribution in [0.3, 0.4) is 0 Å². The van der Waals surface area contributed by atoms with E-state index in [1.54, 1.807) is 29.1 Å². The number of fused-ring (bicyclic) bond motifs is 1. The van der Waals surface area contributed by atoms with Crippen LogP contribution in [0, 0.1) is 0 Å². The molecule has 1 N–H and O–H groups in total. The van der Waals surface area contributed by atoms with Crippen molar-refractivity contribution in [3.05, 3.63) is 52.7 Å². The van der Waals surface area contributed by atoms with Crippen molar-refractivity contribution >= 4 is 11.6 Å². The van der Waals surface area contributed by atoms with Crippen LogP contribution in [0.15, 0.2) is 41.5 Å². The Morgan fingerprint density at radius 2 is 2.18 bits per heavy atom. The number of carboxylic acids is 1. The van der Waals surface area contributed by atoms with Crippen molar-refractivity contribution in [2.45, 2.75) is 19.9 Å². The molecule has 0 aliphatic carbocycles. The van der Waals surface area contributed by atoms with E-state index in [9.17, 15) is 14.7 Å². The van der Waals surface area contributed by atoms with Gasteiger partial charge in [0.2, 0.25) is 0 Å². The van der Waals surface area contributed by atoms with Gasteiger partial charge in [0, 0.05) is 36.6 Å². The SMILES string of the molecule is CCCn1c(C(=O)O)cc(=O)n2nc(-c3cccnc3)cc12. The lowest BCUT2D eigenvalue weighted by molar-refractivity contribution is 0.0684. The van der Waals surface area contributed by atoms with Crippen LogP contribution in [0.1, 0.15) is 23.8 Å². The Balaban J connectivity index is 2.31. The minimum Gasteiger partial charge on any atom is -0.477 e. The number of hydrogen-bond acceptors (Lipinski definition) is 4. The number of aromatic nitrogens is 4. The van der Waals surface area contributed by atoms with Crippen molar-refractivity contribution < 1.29 is 9.90 Å². The molecule has 0 atom stereocenters. The van der Waals surface area contributed by atoms with E-state index in [1.807, 2.05) is 13.0 Å². The Kier molecular flexibility index (Phi) is 3.46. The average molecular weight is 298 g/mol. The summed E-state index contributed by atoms with van der Waals surface area (Å²) in [6.45, 7) is 2.43. The lowest BCUT2D eigenvalue weighted by atomic mass is 10.2. The number of rotatable bonds is 4. The van der Waals surface area contributed by atoms with E-state index in [2.05, 4.69) is 10.1 Å². The lowest BCUT2D eigenvalue weighted by Crippen LogP contribution is -2.23. The Labute approximate surface area is 125 Å². The topological polar surface area (TPSA) is 89.5 Å². The smallest absolute Gasteiger partial charge is 0.352 e. The molecule has 0 aromatic carbocycles. The van der Waals surface area contributed by atoms with Crippen molar-refractivity contribution in [3.63, 3.8) is 0 Å². The zero-order chi connectivity index (χ0) is 15.7. The van der Waals surface area contributed by atoms with Gasteiger partial charge in [0.15, 0.2) is 0 Å². The molecular weight excluding hydrogens is 284 g/mol. The van der Waals surface area contributed by atoms with Gasteiger partial charge in [0.1, 0.15) is 11.3 Å². The van der Waals surface area contributed by atoms with Crippen molar-refractivity contribution in [1.29, 1.82) is 0 Å². The van der Waals surface area contributed by atoms with Gasteiger partial charge in [-0.15, -0.1) is 0 Å². The molecule has 0 amide bonds. The largest absolute Gasteiger partial charge is 0.477 e. The molecule has 0 aliphatic rings. The molecule has 7 heteroatoms. The van der Waals surface area contributed by atoms with Gasteiger partial charge in [-0.3, -0.25) is 9.78 Å². The number of aryl methyl sites for hydroxylation is 1. The molecule has 0 aliphatic heterocycles. The normalized spacial score (nSPS) is 11.0. The molecule has 7 nitrogen and oxygen atoms in total. The minimum absolute atomic E-state index is 0.0306. The third kappa shape index (κ3) is 2.26. The van der Waals surface area contributed by atoms with Crippen LogP contribution in [-0.2, 0) is 6.54 Å². The maximum atomic E-state index is 12.1.